The van der Waals surface area contributed by atoms with Crippen molar-refractivity contribution in [2.24, 2.45) is 5.73 Å². The van der Waals surface area contributed by atoms with Crippen molar-refractivity contribution < 1.29 is 14.3 Å². The first-order valence-corrected chi connectivity index (χ1v) is 9.18. The van der Waals surface area contributed by atoms with Gasteiger partial charge in [-0.2, -0.15) is 0 Å². The van der Waals surface area contributed by atoms with Crippen LogP contribution in [0.2, 0.25) is 0 Å². The van der Waals surface area contributed by atoms with E-state index in [0.29, 0.717) is 11.3 Å². The summed E-state index contributed by atoms with van der Waals surface area (Å²) in [6.07, 6.45) is 0. The first-order chi connectivity index (χ1) is 13.4. The number of rotatable bonds is 7. The lowest BCUT2D eigenvalue weighted by molar-refractivity contribution is 0.0911. The highest BCUT2D eigenvalue weighted by Gasteiger charge is 2.20. The summed E-state index contributed by atoms with van der Waals surface area (Å²) in [5, 5.41) is 0. The quantitative estimate of drug-likeness (QED) is 0.632. The lowest BCUT2D eigenvalue weighted by atomic mass is 10.1. The number of nitrogens with two attached hydrogens (primary N) is 1. The number of hydrogen-bond acceptors (Lipinski definition) is 3. The van der Waals surface area contributed by atoms with E-state index < -0.39 is 5.91 Å². The Bertz CT molecular complexity index is 1010. The maximum Gasteiger partial charge on any atom is 0.252 e. The maximum absolute atomic E-state index is 12.8. The number of carbonyl (C=O) groups excluding carboxylic acids is 2. The van der Waals surface area contributed by atoms with Gasteiger partial charge in [0, 0.05) is 17.0 Å². The van der Waals surface area contributed by atoms with Crippen LogP contribution in [0.15, 0.2) is 60.7 Å². The van der Waals surface area contributed by atoms with Crippen LogP contribution in [0.4, 0.5) is 0 Å². The Kier molecular flexibility index (Phi) is 5.64. The highest BCUT2D eigenvalue weighted by molar-refractivity contribution is 5.99. The summed E-state index contributed by atoms with van der Waals surface area (Å²) < 4.78 is 7.76. The summed E-state index contributed by atoms with van der Waals surface area (Å²) in [6, 6.07) is 18.8. The van der Waals surface area contributed by atoms with Crippen LogP contribution in [0.3, 0.4) is 0 Å². The van der Waals surface area contributed by atoms with Crippen LogP contribution in [-0.2, 0) is 0 Å². The van der Waals surface area contributed by atoms with Gasteiger partial charge in [0.25, 0.3) is 5.91 Å². The molecule has 2 aromatic carbocycles. The van der Waals surface area contributed by atoms with Crippen LogP contribution < -0.4 is 10.5 Å². The number of primary amides is 1. The molecule has 1 amide bonds. The van der Waals surface area contributed by atoms with E-state index in [1.54, 1.807) is 24.3 Å². The predicted octanol–water partition coefficient (Wildman–Crippen LogP) is 4.07. The van der Waals surface area contributed by atoms with Crippen molar-refractivity contribution in [3.05, 3.63) is 88.7 Å². The minimum atomic E-state index is -0.585. The molecular weight excluding hydrogens is 352 g/mol. The maximum atomic E-state index is 12.8. The largest absolute Gasteiger partial charge is 0.485 e. The van der Waals surface area contributed by atoms with E-state index in [4.69, 9.17) is 10.5 Å². The molecule has 1 aromatic heterocycles. The van der Waals surface area contributed by atoms with Crippen molar-refractivity contribution in [2.45, 2.75) is 26.8 Å². The number of para-hydroxylation sites is 1. The first-order valence-electron chi connectivity index (χ1n) is 9.18. The summed E-state index contributed by atoms with van der Waals surface area (Å²) >= 11 is 0. The third kappa shape index (κ3) is 3.83. The second-order valence-corrected chi connectivity index (χ2v) is 6.81. The van der Waals surface area contributed by atoms with Gasteiger partial charge in [0.1, 0.15) is 5.75 Å². The number of ketones is 1. The fraction of sp³-hybridized carbons (Fsp3) is 0.217. The minimum absolute atomic E-state index is 0.110. The summed E-state index contributed by atoms with van der Waals surface area (Å²) in [6.45, 7) is 5.89. The highest BCUT2D eigenvalue weighted by Crippen LogP contribution is 2.26. The van der Waals surface area contributed by atoms with E-state index in [9.17, 15) is 9.59 Å². The van der Waals surface area contributed by atoms with Gasteiger partial charge >= 0.3 is 0 Å². The number of nitrogens with zero attached hydrogens (tertiary/aromatic N) is 1. The molecule has 1 heterocycles. The van der Waals surface area contributed by atoms with Crippen LogP contribution in [0.1, 0.15) is 50.6 Å². The van der Waals surface area contributed by atoms with E-state index >= 15 is 0 Å². The van der Waals surface area contributed by atoms with Gasteiger partial charge in [-0.3, -0.25) is 9.59 Å². The van der Waals surface area contributed by atoms with Gasteiger partial charge in [0.2, 0.25) is 5.78 Å². The smallest absolute Gasteiger partial charge is 0.252 e. The highest BCUT2D eigenvalue weighted by atomic mass is 16.5. The molecule has 1 unspecified atom stereocenters. The topological polar surface area (TPSA) is 74.3 Å². The lowest BCUT2D eigenvalue weighted by Crippen LogP contribution is -2.17. The Morgan fingerprint density at radius 2 is 1.64 bits per heavy atom. The van der Waals surface area contributed by atoms with E-state index in [2.05, 4.69) is 23.6 Å². The number of amides is 1. The van der Waals surface area contributed by atoms with Crippen LogP contribution in [-0.4, -0.2) is 22.9 Å². The second-order valence-electron chi connectivity index (χ2n) is 6.81. The zero-order valence-corrected chi connectivity index (χ0v) is 16.3. The Morgan fingerprint density at radius 3 is 2.32 bits per heavy atom. The molecule has 0 saturated carbocycles. The fourth-order valence-corrected chi connectivity index (χ4v) is 3.55. The van der Waals surface area contributed by atoms with Gasteiger partial charge in [-0.15, -0.1) is 0 Å². The van der Waals surface area contributed by atoms with Crippen LogP contribution in [0.5, 0.6) is 5.75 Å². The molecule has 0 fully saturated rings. The number of Topliss-reactive ketones (excluding diaryl/α,β-unsaturated/α-hetero) is 1. The number of ether oxygens (including phenoxy) is 1. The lowest BCUT2D eigenvalue weighted by Gasteiger charge is -2.19. The van der Waals surface area contributed by atoms with E-state index in [1.807, 2.05) is 38.1 Å². The van der Waals surface area contributed by atoms with Crippen molar-refractivity contribution in [3.8, 4) is 5.75 Å². The van der Waals surface area contributed by atoms with E-state index in [1.165, 1.54) is 5.56 Å². The molecule has 5 heteroatoms. The Hall–Kier alpha value is -3.34. The zero-order valence-electron chi connectivity index (χ0n) is 16.3. The molecule has 0 radical (unpaired) electrons. The molecule has 0 aliphatic rings. The van der Waals surface area contributed by atoms with Crippen LogP contribution in [0.25, 0.3) is 0 Å². The van der Waals surface area contributed by atoms with Crippen molar-refractivity contribution in [1.29, 1.82) is 0 Å². The molecule has 1 atom stereocenters. The van der Waals surface area contributed by atoms with E-state index in [-0.39, 0.29) is 24.0 Å². The molecule has 28 heavy (non-hydrogen) atoms. The Balaban J connectivity index is 1.81. The summed E-state index contributed by atoms with van der Waals surface area (Å²) in [4.78, 5) is 24.3. The predicted molar refractivity (Wildman–Crippen MR) is 109 cm³/mol. The van der Waals surface area contributed by atoms with Gasteiger partial charge < -0.3 is 15.0 Å². The molecule has 0 spiro atoms. The average molecular weight is 376 g/mol. The summed E-state index contributed by atoms with van der Waals surface area (Å²) in [7, 11) is 0. The average Bonchev–Trinajstić information content (AvgIpc) is 3.00. The molecule has 2 N–H and O–H groups in total. The minimum Gasteiger partial charge on any atom is -0.485 e. The van der Waals surface area contributed by atoms with Gasteiger partial charge in [-0.05, 0) is 44.5 Å². The molecule has 0 aliphatic carbocycles. The van der Waals surface area contributed by atoms with Crippen molar-refractivity contribution in [3.63, 3.8) is 0 Å². The van der Waals surface area contributed by atoms with Gasteiger partial charge in [0.05, 0.1) is 11.6 Å². The molecule has 5 nitrogen and oxygen atoms in total. The Morgan fingerprint density at radius 1 is 1.00 bits per heavy atom. The third-order valence-electron chi connectivity index (χ3n) is 4.97. The monoisotopic (exact) mass is 376 g/mol. The SMILES string of the molecule is Cc1cc(C(=O)COc2ccccc2C(N)=O)c(C)n1C(C)c1ccccc1. The fourth-order valence-electron chi connectivity index (χ4n) is 3.55. The zero-order chi connectivity index (χ0) is 20.3. The molecule has 0 saturated heterocycles. The number of hydrogen-bond donors (Lipinski definition) is 1. The second kappa shape index (κ2) is 8.13. The number of aryl methyl sites for hydroxylation is 1. The van der Waals surface area contributed by atoms with Gasteiger partial charge in [0.15, 0.2) is 6.61 Å². The molecule has 0 bridgehead atoms. The van der Waals surface area contributed by atoms with E-state index in [0.717, 1.165) is 11.4 Å². The molecular formula is C23H24N2O3. The van der Waals surface area contributed by atoms with Crippen molar-refractivity contribution in [1.82, 2.24) is 4.57 Å². The molecule has 3 aromatic rings. The van der Waals surface area contributed by atoms with Gasteiger partial charge in [-0.1, -0.05) is 42.5 Å². The third-order valence-corrected chi connectivity index (χ3v) is 4.97. The van der Waals surface area contributed by atoms with Crippen molar-refractivity contribution in [2.75, 3.05) is 6.61 Å². The van der Waals surface area contributed by atoms with Crippen LogP contribution in [0, 0.1) is 13.8 Å². The first kappa shape index (κ1) is 19.4. The molecule has 144 valence electrons. The molecule has 3 rings (SSSR count). The Labute approximate surface area is 164 Å². The standard InChI is InChI=1S/C23H24N2O3/c1-15-13-20(17(3)25(15)16(2)18-9-5-4-6-10-18)21(26)14-28-22-12-8-7-11-19(22)23(24)27/h4-13,16H,14H2,1-3H3,(H2,24,27). The number of carbonyl (C=O) groups is 2. The summed E-state index contributed by atoms with van der Waals surface area (Å²) in [5.74, 6) is -0.411. The molecule has 0 aliphatic heterocycles. The number of benzene rings is 2. The number of aromatic nitrogens is 1. The normalized spacial score (nSPS) is 11.8. The van der Waals surface area contributed by atoms with Gasteiger partial charge in [-0.25, -0.2) is 0 Å². The summed E-state index contributed by atoms with van der Waals surface area (Å²) in [5.41, 5.74) is 9.32. The van der Waals surface area contributed by atoms with Crippen molar-refractivity contribution >= 4 is 11.7 Å². The van der Waals surface area contributed by atoms with Crippen LogP contribution >= 0.6 is 0 Å².